The first kappa shape index (κ1) is 22.4. The maximum absolute atomic E-state index is 12.6. The summed E-state index contributed by atoms with van der Waals surface area (Å²) in [4.78, 5) is 16.4. The molecule has 33 heavy (non-hydrogen) atoms. The van der Waals surface area contributed by atoms with Gasteiger partial charge in [0.05, 0.1) is 5.69 Å². The number of benzene rings is 2. The van der Waals surface area contributed by atoms with Crippen molar-refractivity contribution >= 4 is 49.3 Å². The number of carbonyl (C=O) groups is 1. The second-order valence-corrected chi connectivity index (χ2v) is 10.1. The van der Waals surface area contributed by atoms with Crippen LogP contribution in [0.3, 0.4) is 0 Å². The third-order valence-electron chi connectivity index (χ3n) is 5.10. The van der Waals surface area contributed by atoms with Gasteiger partial charge in [0.25, 0.3) is 11.1 Å². The Hall–Kier alpha value is -3.81. The summed E-state index contributed by atoms with van der Waals surface area (Å²) < 4.78 is 28.9. The molecule has 0 saturated carbocycles. The van der Waals surface area contributed by atoms with Crippen molar-refractivity contribution in [3.8, 4) is 11.8 Å². The summed E-state index contributed by atoms with van der Waals surface area (Å²) in [6.45, 7) is 3.89. The lowest BCUT2D eigenvalue weighted by atomic mass is 10.1. The van der Waals surface area contributed by atoms with E-state index in [1.54, 1.807) is 0 Å². The fourth-order valence-corrected chi connectivity index (χ4v) is 5.03. The SMILES string of the molecule is Cc1cc(C=C(C#N)C(=O)Nc2nc(S(C)(=O)=O)ns2)c(C)n1-c1cccc2ccccc12. The molecule has 0 aliphatic carbocycles. The molecule has 0 spiro atoms. The van der Waals surface area contributed by atoms with E-state index in [-0.39, 0.29) is 15.9 Å². The molecule has 0 saturated heterocycles. The van der Waals surface area contributed by atoms with Crippen molar-refractivity contribution in [3.63, 3.8) is 0 Å². The highest BCUT2D eigenvalue weighted by Crippen LogP contribution is 2.28. The van der Waals surface area contributed by atoms with E-state index in [2.05, 4.69) is 37.4 Å². The molecule has 0 unspecified atom stereocenters. The second-order valence-electron chi connectivity index (χ2n) is 7.44. The van der Waals surface area contributed by atoms with Crippen LogP contribution in [0.1, 0.15) is 17.0 Å². The first-order valence-electron chi connectivity index (χ1n) is 9.83. The second kappa shape index (κ2) is 8.61. The molecule has 2 aromatic carbocycles. The molecule has 10 heteroatoms. The van der Waals surface area contributed by atoms with Gasteiger partial charge < -0.3 is 4.57 Å². The molecule has 0 aliphatic rings. The number of hydrogen-bond acceptors (Lipinski definition) is 7. The Morgan fingerprint density at radius 3 is 2.61 bits per heavy atom. The summed E-state index contributed by atoms with van der Waals surface area (Å²) in [6.07, 6.45) is 2.49. The fraction of sp³-hybridized carbons (Fsp3) is 0.130. The van der Waals surface area contributed by atoms with E-state index in [1.165, 1.54) is 6.08 Å². The van der Waals surface area contributed by atoms with Crippen LogP contribution in [-0.2, 0) is 14.6 Å². The number of nitrogens with zero attached hydrogens (tertiary/aromatic N) is 4. The van der Waals surface area contributed by atoms with Crippen molar-refractivity contribution in [3.05, 3.63) is 71.1 Å². The number of rotatable bonds is 5. The van der Waals surface area contributed by atoms with Gasteiger partial charge in [-0.3, -0.25) is 10.1 Å². The van der Waals surface area contributed by atoms with Gasteiger partial charge in [-0.15, -0.1) is 0 Å². The molecular weight excluding hydrogens is 458 g/mol. The Labute approximate surface area is 194 Å². The maximum atomic E-state index is 12.6. The molecule has 0 bridgehead atoms. The van der Waals surface area contributed by atoms with Crippen LogP contribution < -0.4 is 5.32 Å². The molecule has 0 fully saturated rings. The van der Waals surface area contributed by atoms with Crippen LogP contribution in [-0.4, -0.2) is 34.5 Å². The molecule has 0 aliphatic heterocycles. The molecule has 0 atom stereocenters. The van der Waals surface area contributed by atoms with Gasteiger partial charge in [0.1, 0.15) is 11.6 Å². The number of hydrogen-bond donors (Lipinski definition) is 1. The highest BCUT2D eigenvalue weighted by atomic mass is 32.2. The van der Waals surface area contributed by atoms with E-state index in [0.29, 0.717) is 0 Å². The van der Waals surface area contributed by atoms with Crippen LogP contribution in [0, 0.1) is 25.2 Å². The van der Waals surface area contributed by atoms with Gasteiger partial charge in [0, 0.05) is 34.6 Å². The number of carbonyl (C=O) groups excluding carboxylic acids is 1. The minimum atomic E-state index is -3.59. The number of aromatic nitrogens is 3. The predicted molar refractivity (Wildman–Crippen MR) is 128 cm³/mol. The van der Waals surface area contributed by atoms with Crippen LogP contribution in [0.4, 0.5) is 5.13 Å². The van der Waals surface area contributed by atoms with Gasteiger partial charge in [0.2, 0.25) is 15.0 Å². The summed E-state index contributed by atoms with van der Waals surface area (Å²) >= 11 is 0.734. The first-order valence-corrected chi connectivity index (χ1v) is 12.5. The van der Waals surface area contributed by atoms with Gasteiger partial charge in [-0.1, -0.05) is 36.4 Å². The summed E-state index contributed by atoms with van der Waals surface area (Å²) in [5.41, 5.74) is 3.42. The lowest BCUT2D eigenvalue weighted by Gasteiger charge is -2.13. The zero-order valence-electron chi connectivity index (χ0n) is 18.0. The molecule has 4 rings (SSSR count). The number of fused-ring (bicyclic) bond motifs is 1. The zero-order valence-corrected chi connectivity index (χ0v) is 19.7. The molecule has 4 aromatic rings. The number of anilines is 1. The van der Waals surface area contributed by atoms with Crippen molar-refractivity contribution in [2.45, 2.75) is 19.0 Å². The van der Waals surface area contributed by atoms with Crippen molar-refractivity contribution in [1.82, 2.24) is 13.9 Å². The van der Waals surface area contributed by atoms with Gasteiger partial charge >= 0.3 is 0 Å². The minimum Gasteiger partial charge on any atom is -0.317 e. The molecule has 166 valence electrons. The zero-order chi connectivity index (χ0) is 23.8. The number of aryl methyl sites for hydroxylation is 1. The Bertz CT molecular complexity index is 1570. The molecule has 2 heterocycles. The normalized spacial score (nSPS) is 12.0. The summed E-state index contributed by atoms with van der Waals surface area (Å²) in [5.74, 6) is -0.691. The number of sulfone groups is 1. The Morgan fingerprint density at radius 1 is 1.18 bits per heavy atom. The largest absolute Gasteiger partial charge is 0.317 e. The van der Waals surface area contributed by atoms with Crippen LogP contribution in [0.2, 0.25) is 0 Å². The van der Waals surface area contributed by atoms with E-state index < -0.39 is 15.7 Å². The molecule has 2 aromatic heterocycles. The average Bonchev–Trinajstić information content (AvgIpc) is 3.35. The van der Waals surface area contributed by atoms with E-state index in [1.807, 2.05) is 50.2 Å². The lowest BCUT2D eigenvalue weighted by molar-refractivity contribution is -0.112. The van der Waals surface area contributed by atoms with Crippen molar-refractivity contribution in [1.29, 1.82) is 5.26 Å². The number of nitrogens with one attached hydrogen (secondary N) is 1. The van der Waals surface area contributed by atoms with E-state index >= 15 is 0 Å². The molecule has 1 amide bonds. The smallest absolute Gasteiger partial charge is 0.268 e. The van der Waals surface area contributed by atoms with Crippen LogP contribution in [0.5, 0.6) is 0 Å². The monoisotopic (exact) mass is 477 g/mol. The van der Waals surface area contributed by atoms with E-state index in [4.69, 9.17) is 0 Å². The van der Waals surface area contributed by atoms with E-state index in [0.717, 1.165) is 51.2 Å². The van der Waals surface area contributed by atoms with Crippen molar-refractivity contribution < 1.29 is 13.2 Å². The van der Waals surface area contributed by atoms with Crippen LogP contribution in [0.25, 0.3) is 22.5 Å². The Kier molecular flexibility index (Phi) is 5.84. The van der Waals surface area contributed by atoms with Crippen LogP contribution >= 0.6 is 11.5 Å². The maximum Gasteiger partial charge on any atom is 0.268 e. The molecular formula is C23H19N5O3S2. The van der Waals surface area contributed by atoms with Crippen molar-refractivity contribution in [2.24, 2.45) is 0 Å². The fourth-order valence-electron chi connectivity index (χ4n) is 3.59. The first-order chi connectivity index (χ1) is 15.7. The number of amides is 1. The summed E-state index contributed by atoms with van der Waals surface area (Å²) in [5, 5.41) is 13.9. The molecule has 0 radical (unpaired) electrons. The summed E-state index contributed by atoms with van der Waals surface area (Å²) in [6, 6.07) is 18.0. The Balaban J connectivity index is 1.69. The van der Waals surface area contributed by atoms with Crippen molar-refractivity contribution in [2.75, 3.05) is 11.6 Å². The third-order valence-corrected chi connectivity index (χ3v) is 6.69. The quantitative estimate of drug-likeness (QED) is 0.342. The van der Waals surface area contributed by atoms with E-state index in [9.17, 15) is 18.5 Å². The van der Waals surface area contributed by atoms with Gasteiger partial charge in [-0.05, 0) is 43.0 Å². The molecule has 8 nitrogen and oxygen atoms in total. The highest BCUT2D eigenvalue weighted by Gasteiger charge is 2.19. The summed E-state index contributed by atoms with van der Waals surface area (Å²) in [7, 11) is -3.59. The lowest BCUT2D eigenvalue weighted by Crippen LogP contribution is -2.13. The van der Waals surface area contributed by atoms with Gasteiger partial charge in [0.15, 0.2) is 0 Å². The highest BCUT2D eigenvalue weighted by molar-refractivity contribution is 7.90. The van der Waals surface area contributed by atoms with Gasteiger partial charge in [-0.25, -0.2) is 8.42 Å². The standard InChI is InChI=1S/C23H19N5O3S2/c1-14-11-17(15(2)28(14)20-10-6-8-16-7-4-5-9-19(16)20)12-18(13-24)21(29)25-22-26-23(27-32-22)33(3,30)31/h4-12H,1-3H3,(H,25,26,27,29). The Morgan fingerprint density at radius 2 is 1.91 bits per heavy atom. The predicted octanol–water partition coefficient (Wildman–Crippen LogP) is 4.05. The third kappa shape index (κ3) is 4.41. The molecule has 1 N–H and O–H groups in total. The number of nitriles is 1. The minimum absolute atomic E-state index is 0.00260. The topological polar surface area (TPSA) is 118 Å². The van der Waals surface area contributed by atoms with Crippen LogP contribution in [0.15, 0.2) is 59.3 Å². The average molecular weight is 478 g/mol. The van der Waals surface area contributed by atoms with Gasteiger partial charge in [-0.2, -0.15) is 14.6 Å².